The van der Waals surface area contributed by atoms with Crippen molar-refractivity contribution in [3.63, 3.8) is 0 Å². The van der Waals surface area contributed by atoms with Gasteiger partial charge in [0.05, 0.1) is 13.2 Å². The van der Waals surface area contributed by atoms with Crippen LogP contribution in [0.5, 0.6) is 0 Å². The molecule has 0 saturated carbocycles. The molecule has 7 nitrogen and oxygen atoms in total. The summed E-state index contributed by atoms with van der Waals surface area (Å²) in [7, 11) is 1.79. The Kier molecular flexibility index (Phi) is 10.6. The van der Waals surface area contributed by atoms with Crippen molar-refractivity contribution < 1.29 is 4.74 Å². The molecule has 2 N–H and O–H groups in total. The maximum absolute atomic E-state index is 5.81. The molecule has 1 aromatic carbocycles. The molecule has 0 radical (unpaired) electrons. The van der Waals surface area contributed by atoms with E-state index in [-0.39, 0.29) is 24.0 Å². The van der Waals surface area contributed by atoms with Gasteiger partial charge in [-0.3, -0.25) is 9.39 Å². The van der Waals surface area contributed by atoms with E-state index < -0.39 is 0 Å². The lowest BCUT2D eigenvalue weighted by Crippen LogP contribution is -2.40. The Labute approximate surface area is 195 Å². The molecule has 0 aliphatic heterocycles. The first-order valence-electron chi connectivity index (χ1n) is 10.1. The minimum absolute atomic E-state index is 0. The van der Waals surface area contributed by atoms with Crippen LogP contribution in [-0.4, -0.2) is 47.3 Å². The van der Waals surface area contributed by atoms with Crippen molar-refractivity contribution in [2.24, 2.45) is 10.9 Å². The van der Waals surface area contributed by atoms with Gasteiger partial charge in [-0.15, -0.1) is 34.2 Å². The molecule has 8 heteroatoms. The summed E-state index contributed by atoms with van der Waals surface area (Å²) in [5, 5.41) is 15.2. The molecule has 0 fully saturated rings. The molecular formula is C22H31IN6O. The van der Waals surface area contributed by atoms with E-state index in [0.717, 1.165) is 43.4 Å². The molecule has 0 spiro atoms. The fraction of sp³-hybridized carbons (Fsp3) is 0.409. The molecule has 0 bridgehead atoms. The number of hydrogen-bond donors (Lipinski definition) is 2. The molecule has 1 unspecified atom stereocenters. The Bertz CT molecular complexity index is 899. The van der Waals surface area contributed by atoms with Crippen LogP contribution in [0.2, 0.25) is 0 Å². The third-order valence-corrected chi connectivity index (χ3v) is 4.61. The number of hydrogen-bond acceptors (Lipinski definition) is 4. The summed E-state index contributed by atoms with van der Waals surface area (Å²) in [4.78, 5) is 4.29. The Balaban J connectivity index is 0.00000320. The number of nitrogens with one attached hydrogen (secondary N) is 2. The van der Waals surface area contributed by atoms with Gasteiger partial charge in [-0.25, -0.2) is 0 Å². The van der Waals surface area contributed by atoms with Gasteiger partial charge in [-0.1, -0.05) is 43.3 Å². The third-order valence-electron chi connectivity index (χ3n) is 4.61. The largest absolute Gasteiger partial charge is 0.376 e. The molecule has 2 aromatic heterocycles. The van der Waals surface area contributed by atoms with Crippen LogP contribution in [0.15, 0.2) is 59.7 Å². The van der Waals surface area contributed by atoms with Crippen LogP contribution in [0.1, 0.15) is 24.7 Å². The van der Waals surface area contributed by atoms with Crippen molar-refractivity contribution in [2.45, 2.75) is 26.4 Å². The van der Waals surface area contributed by atoms with Crippen LogP contribution in [0.25, 0.3) is 5.65 Å². The summed E-state index contributed by atoms with van der Waals surface area (Å²) in [5.74, 6) is 2.18. The number of halogens is 1. The van der Waals surface area contributed by atoms with Crippen LogP contribution in [0, 0.1) is 5.92 Å². The van der Waals surface area contributed by atoms with E-state index in [1.807, 2.05) is 47.0 Å². The van der Waals surface area contributed by atoms with Gasteiger partial charge in [0.15, 0.2) is 11.6 Å². The smallest absolute Gasteiger partial charge is 0.190 e. The van der Waals surface area contributed by atoms with Gasteiger partial charge in [-0.05, 0) is 30.0 Å². The highest BCUT2D eigenvalue weighted by molar-refractivity contribution is 14.0. The van der Waals surface area contributed by atoms with Gasteiger partial charge in [0.2, 0.25) is 0 Å². The van der Waals surface area contributed by atoms with Crippen molar-refractivity contribution in [1.82, 2.24) is 25.2 Å². The first kappa shape index (κ1) is 24.1. The predicted molar refractivity (Wildman–Crippen MR) is 131 cm³/mol. The topological polar surface area (TPSA) is 75.8 Å². The van der Waals surface area contributed by atoms with E-state index in [9.17, 15) is 0 Å². The zero-order valence-electron chi connectivity index (χ0n) is 17.6. The molecule has 3 aromatic rings. The molecule has 0 amide bonds. The first-order chi connectivity index (χ1) is 14.3. The minimum atomic E-state index is 0. The Morgan fingerprint density at radius 1 is 1.10 bits per heavy atom. The number of fused-ring (bicyclic) bond motifs is 1. The number of aromatic nitrogens is 3. The number of aliphatic imine (C=N–C) groups is 1. The fourth-order valence-electron chi connectivity index (χ4n) is 3.02. The zero-order valence-corrected chi connectivity index (χ0v) is 20.0. The average Bonchev–Trinajstić information content (AvgIpc) is 3.17. The monoisotopic (exact) mass is 522 g/mol. The second-order valence-electron chi connectivity index (χ2n) is 7.13. The third kappa shape index (κ3) is 7.56. The van der Waals surface area contributed by atoms with E-state index in [1.54, 1.807) is 7.05 Å². The normalized spacial score (nSPS) is 12.4. The van der Waals surface area contributed by atoms with Gasteiger partial charge in [0, 0.05) is 32.8 Å². The highest BCUT2D eigenvalue weighted by atomic mass is 127. The maximum Gasteiger partial charge on any atom is 0.190 e. The Morgan fingerprint density at radius 3 is 2.70 bits per heavy atom. The van der Waals surface area contributed by atoms with Crippen LogP contribution in [-0.2, 0) is 17.8 Å². The van der Waals surface area contributed by atoms with Gasteiger partial charge in [-0.2, -0.15) is 0 Å². The molecule has 2 heterocycles. The van der Waals surface area contributed by atoms with Gasteiger partial charge in [0.25, 0.3) is 0 Å². The number of rotatable bonds is 10. The molecule has 0 saturated heterocycles. The lowest BCUT2D eigenvalue weighted by Gasteiger charge is -2.16. The number of benzene rings is 1. The summed E-state index contributed by atoms with van der Waals surface area (Å²) in [6.07, 6.45) is 3.81. The summed E-state index contributed by atoms with van der Waals surface area (Å²) >= 11 is 0. The summed E-state index contributed by atoms with van der Waals surface area (Å²) in [5.41, 5.74) is 2.09. The van der Waals surface area contributed by atoms with Crippen molar-refractivity contribution in [3.05, 3.63) is 66.1 Å². The van der Waals surface area contributed by atoms with E-state index in [1.165, 1.54) is 5.56 Å². The van der Waals surface area contributed by atoms with Crippen LogP contribution in [0.3, 0.4) is 0 Å². The Hall–Kier alpha value is -2.20. The lowest BCUT2D eigenvalue weighted by molar-refractivity contribution is 0.0931. The van der Waals surface area contributed by atoms with Crippen LogP contribution < -0.4 is 10.6 Å². The number of nitrogens with zero attached hydrogens (tertiary/aromatic N) is 4. The predicted octanol–water partition coefficient (Wildman–Crippen LogP) is 3.30. The fourth-order valence-corrected chi connectivity index (χ4v) is 3.02. The second kappa shape index (κ2) is 13.2. The van der Waals surface area contributed by atoms with E-state index in [4.69, 9.17) is 4.74 Å². The first-order valence-corrected chi connectivity index (χ1v) is 10.1. The summed E-state index contributed by atoms with van der Waals surface area (Å²) < 4.78 is 7.84. The van der Waals surface area contributed by atoms with Gasteiger partial charge < -0.3 is 15.4 Å². The average molecular weight is 522 g/mol. The maximum atomic E-state index is 5.81. The molecule has 162 valence electrons. The summed E-state index contributed by atoms with van der Waals surface area (Å²) in [6, 6.07) is 16.2. The quantitative estimate of drug-likeness (QED) is 0.185. The molecule has 0 aliphatic carbocycles. The second-order valence-corrected chi connectivity index (χ2v) is 7.13. The highest BCUT2D eigenvalue weighted by Crippen LogP contribution is 2.05. The Morgan fingerprint density at radius 2 is 1.90 bits per heavy atom. The van der Waals surface area contributed by atoms with Crippen LogP contribution in [0.4, 0.5) is 0 Å². The van der Waals surface area contributed by atoms with E-state index in [0.29, 0.717) is 19.1 Å². The minimum Gasteiger partial charge on any atom is -0.376 e. The van der Waals surface area contributed by atoms with Crippen molar-refractivity contribution >= 4 is 35.6 Å². The molecular weight excluding hydrogens is 491 g/mol. The number of pyridine rings is 1. The lowest BCUT2D eigenvalue weighted by atomic mass is 10.2. The van der Waals surface area contributed by atoms with Crippen LogP contribution >= 0.6 is 24.0 Å². The van der Waals surface area contributed by atoms with Crippen molar-refractivity contribution in [3.8, 4) is 0 Å². The van der Waals surface area contributed by atoms with Gasteiger partial charge in [0.1, 0.15) is 5.82 Å². The molecule has 0 aliphatic rings. The van der Waals surface area contributed by atoms with E-state index in [2.05, 4.69) is 44.9 Å². The molecule has 30 heavy (non-hydrogen) atoms. The highest BCUT2D eigenvalue weighted by Gasteiger charge is 2.06. The number of aryl methyl sites for hydroxylation is 1. The van der Waals surface area contributed by atoms with E-state index >= 15 is 0 Å². The molecule has 3 rings (SSSR count). The zero-order chi connectivity index (χ0) is 20.3. The van der Waals surface area contributed by atoms with Gasteiger partial charge >= 0.3 is 0 Å². The van der Waals surface area contributed by atoms with Crippen molar-refractivity contribution in [1.29, 1.82) is 0 Å². The number of guanidine groups is 1. The summed E-state index contributed by atoms with van der Waals surface area (Å²) in [6.45, 7) is 5.15. The SMILES string of the molecule is CN=C(NCCCc1nnc2ccccn12)NCC(C)COCc1ccccc1.I. The molecule has 1 atom stereocenters. The standard InChI is InChI=1S/C22H30N6O.HI/c1-18(16-29-17-19-9-4-3-5-10-19)15-25-22(23-2)24-13-8-12-21-27-26-20-11-6-7-14-28(20)21;/h3-7,9-11,14,18H,8,12-13,15-17H2,1-2H3,(H2,23,24,25);1H. The van der Waals surface area contributed by atoms with Crippen molar-refractivity contribution in [2.75, 3.05) is 26.7 Å². The number of ether oxygens (including phenoxy) is 1.